The van der Waals surface area contributed by atoms with Gasteiger partial charge in [-0.1, -0.05) is 63.3 Å². The first kappa shape index (κ1) is 21.7. The Labute approximate surface area is 152 Å². The van der Waals surface area contributed by atoms with Crippen LogP contribution in [0, 0.1) is 0 Å². The number of benzene rings is 1. The van der Waals surface area contributed by atoms with Gasteiger partial charge in [-0.25, -0.2) is 0 Å². The predicted molar refractivity (Wildman–Crippen MR) is 103 cm³/mol. The van der Waals surface area contributed by atoms with E-state index in [0.29, 0.717) is 6.42 Å². The van der Waals surface area contributed by atoms with Gasteiger partial charge >= 0.3 is 0 Å². The van der Waals surface area contributed by atoms with E-state index in [4.69, 9.17) is 0 Å². The van der Waals surface area contributed by atoms with E-state index in [9.17, 15) is 15.0 Å². The molecule has 0 atom stereocenters. The molecule has 0 aliphatic carbocycles. The molecule has 3 N–H and O–H groups in total. The molecule has 0 aliphatic rings. The number of carbonyl (C=O) groups excluding carboxylic acids is 1. The van der Waals surface area contributed by atoms with Crippen molar-refractivity contribution < 1.29 is 15.0 Å². The van der Waals surface area contributed by atoms with Crippen LogP contribution in [0.15, 0.2) is 24.3 Å². The fraction of sp³-hybridized carbons (Fsp3) is 0.667. The molecule has 1 aromatic carbocycles. The quantitative estimate of drug-likeness (QED) is 0.478. The van der Waals surface area contributed by atoms with Crippen LogP contribution in [0.25, 0.3) is 0 Å². The van der Waals surface area contributed by atoms with Gasteiger partial charge in [0, 0.05) is 6.92 Å². The summed E-state index contributed by atoms with van der Waals surface area (Å²) in [4.78, 5) is 11.4. The molecular formula is C21H35NO3. The molecule has 0 aromatic heterocycles. The minimum absolute atomic E-state index is 0.233. The summed E-state index contributed by atoms with van der Waals surface area (Å²) in [6, 6.07) is 8.37. The molecule has 0 saturated carbocycles. The van der Waals surface area contributed by atoms with Gasteiger partial charge in [-0.3, -0.25) is 4.79 Å². The highest BCUT2D eigenvalue weighted by Crippen LogP contribution is 2.19. The Kier molecular flexibility index (Phi) is 10.4. The van der Waals surface area contributed by atoms with E-state index in [2.05, 4.69) is 30.4 Å². The maximum atomic E-state index is 11.4. The summed E-state index contributed by atoms with van der Waals surface area (Å²) in [5.41, 5.74) is 1.64. The number of carbonyl (C=O) groups is 1. The summed E-state index contributed by atoms with van der Waals surface area (Å²) in [5.74, 6) is -0.233. The second-order valence-corrected chi connectivity index (χ2v) is 7.06. The lowest BCUT2D eigenvalue weighted by molar-refractivity contribution is -0.122. The summed E-state index contributed by atoms with van der Waals surface area (Å²) in [7, 11) is 0. The van der Waals surface area contributed by atoms with Gasteiger partial charge in [-0.15, -0.1) is 0 Å². The summed E-state index contributed by atoms with van der Waals surface area (Å²) in [5, 5.41) is 22.0. The Hall–Kier alpha value is -1.39. The van der Waals surface area contributed by atoms with Gasteiger partial charge < -0.3 is 15.5 Å². The number of aryl methyl sites for hydroxylation is 2. The van der Waals surface area contributed by atoms with E-state index < -0.39 is 5.54 Å². The van der Waals surface area contributed by atoms with Crippen molar-refractivity contribution in [1.29, 1.82) is 0 Å². The van der Waals surface area contributed by atoms with Gasteiger partial charge in [0.05, 0.1) is 18.8 Å². The second-order valence-electron chi connectivity index (χ2n) is 7.06. The van der Waals surface area contributed by atoms with Crippen molar-refractivity contribution >= 4 is 5.91 Å². The van der Waals surface area contributed by atoms with E-state index in [1.807, 2.05) is 6.07 Å². The van der Waals surface area contributed by atoms with Crippen molar-refractivity contribution in [2.45, 2.75) is 77.2 Å². The lowest BCUT2D eigenvalue weighted by atomic mass is 9.90. The summed E-state index contributed by atoms with van der Waals surface area (Å²) >= 11 is 0. The predicted octanol–water partition coefficient (Wildman–Crippen LogP) is 3.38. The zero-order valence-corrected chi connectivity index (χ0v) is 15.9. The fourth-order valence-electron chi connectivity index (χ4n) is 3.24. The third kappa shape index (κ3) is 8.02. The normalized spacial score (nSPS) is 11.5. The molecule has 0 fully saturated rings. The van der Waals surface area contributed by atoms with Crippen molar-refractivity contribution in [3.05, 3.63) is 35.4 Å². The standard InChI is InChI=1S/C21H35NO3/c1-3-4-5-6-7-8-11-19-12-9-10-13-20(19)14-15-21(16-23,17-24)22-18(2)25/h9-10,12-13,23-24H,3-8,11,14-17H2,1-2H3,(H,22,25). The zero-order chi connectivity index (χ0) is 18.5. The second kappa shape index (κ2) is 12.0. The number of unbranched alkanes of at least 4 members (excludes halogenated alkanes) is 5. The van der Waals surface area contributed by atoms with Crippen LogP contribution >= 0.6 is 0 Å². The third-order valence-corrected chi connectivity index (χ3v) is 4.84. The van der Waals surface area contributed by atoms with Gasteiger partial charge in [0.25, 0.3) is 0 Å². The monoisotopic (exact) mass is 349 g/mol. The van der Waals surface area contributed by atoms with E-state index in [-0.39, 0.29) is 19.1 Å². The van der Waals surface area contributed by atoms with Crippen LogP contribution in [-0.2, 0) is 17.6 Å². The van der Waals surface area contributed by atoms with Crippen LogP contribution in [0.2, 0.25) is 0 Å². The SMILES string of the molecule is CCCCCCCCc1ccccc1CCC(CO)(CO)NC(C)=O. The Balaban J connectivity index is 2.59. The number of hydrogen-bond acceptors (Lipinski definition) is 3. The number of aliphatic hydroxyl groups is 2. The number of aliphatic hydroxyl groups excluding tert-OH is 2. The lowest BCUT2D eigenvalue weighted by Crippen LogP contribution is -2.54. The van der Waals surface area contributed by atoms with Crippen molar-refractivity contribution in [1.82, 2.24) is 5.32 Å². The summed E-state index contributed by atoms with van der Waals surface area (Å²) in [6.45, 7) is 3.12. The molecule has 1 rings (SSSR count). The molecule has 4 nitrogen and oxygen atoms in total. The zero-order valence-electron chi connectivity index (χ0n) is 15.9. The van der Waals surface area contributed by atoms with Gasteiger partial charge in [0.15, 0.2) is 0 Å². The first-order chi connectivity index (χ1) is 12.1. The molecular weight excluding hydrogens is 314 g/mol. The first-order valence-corrected chi connectivity index (χ1v) is 9.64. The number of hydrogen-bond donors (Lipinski definition) is 3. The minimum Gasteiger partial charge on any atom is -0.394 e. The highest BCUT2D eigenvalue weighted by Gasteiger charge is 2.29. The number of nitrogens with one attached hydrogen (secondary N) is 1. The van der Waals surface area contributed by atoms with Crippen LogP contribution in [0.3, 0.4) is 0 Å². The molecule has 0 spiro atoms. The molecule has 0 heterocycles. The average molecular weight is 350 g/mol. The van der Waals surface area contributed by atoms with Gasteiger partial charge in [-0.05, 0) is 36.8 Å². The van der Waals surface area contributed by atoms with Crippen molar-refractivity contribution in [3.8, 4) is 0 Å². The summed E-state index contributed by atoms with van der Waals surface area (Å²) in [6.07, 6.45) is 9.99. The van der Waals surface area contributed by atoms with Crippen molar-refractivity contribution in [3.63, 3.8) is 0 Å². The Morgan fingerprint density at radius 1 is 0.960 bits per heavy atom. The fourth-order valence-corrected chi connectivity index (χ4v) is 3.24. The maximum Gasteiger partial charge on any atom is 0.217 e. The molecule has 0 aliphatic heterocycles. The highest BCUT2D eigenvalue weighted by atomic mass is 16.3. The highest BCUT2D eigenvalue weighted by molar-refractivity contribution is 5.73. The molecule has 0 unspecified atom stereocenters. The van der Waals surface area contributed by atoms with Crippen LogP contribution in [0.1, 0.15) is 69.9 Å². The van der Waals surface area contributed by atoms with Crippen molar-refractivity contribution in [2.24, 2.45) is 0 Å². The molecule has 0 saturated heterocycles. The smallest absolute Gasteiger partial charge is 0.217 e. The van der Waals surface area contributed by atoms with E-state index in [0.717, 1.165) is 12.8 Å². The topological polar surface area (TPSA) is 69.6 Å². The Morgan fingerprint density at radius 3 is 2.08 bits per heavy atom. The van der Waals surface area contributed by atoms with Gasteiger partial charge in [0.1, 0.15) is 0 Å². The molecule has 0 bridgehead atoms. The molecule has 4 heteroatoms. The van der Waals surface area contributed by atoms with Crippen molar-refractivity contribution in [2.75, 3.05) is 13.2 Å². The first-order valence-electron chi connectivity index (χ1n) is 9.64. The molecule has 25 heavy (non-hydrogen) atoms. The van der Waals surface area contributed by atoms with Crippen LogP contribution in [-0.4, -0.2) is 34.9 Å². The van der Waals surface area contributed by atoms with Crippen LogP contribution in [0.5, 0.6) is 0 Å². The average Bonchev–Trinajstić information content (AvgIpc) is 2.62. The third-order valence-electron chi connectivity index (χ3n) is 4.84. The number of rotatable bonds is 13. The maximum absolute atomic E-state index is 11.4. The molecule has 142 valence electrons. The largest absolute Gasteiger partial charge is 0.394 e. The molecule has 1 aromatic rings. The van der Waals surface area contributed by atoms with E-state index >= 15 is 0 Å². The molecule has 1 amide bonds. The number of amides is 1. The Morgan fingerprint density at radius 2 is 1.52 bits per heavy atom. The van der Waals surface area contributed by atoms with E-state index in [1.54, 1.807) is 0 Å². The molecule has 0 radical (unpaired) electrons. The minimum atomic E-state index is -0.945. The van der Waals surface area contributed by atoms with Crippen LogP contribution < -0.4 is 5.32 Å². The lowest BCUT2D eigenvalue weighted by Gasteiger charge is -2.31. The van der Waals surface area contributed by atoms with Crippen LogP contribution in [0.4, 0.5) is 0 Å². The summed E-state index contributed by atoms with van der Waals surface area (Å²) < 4.78 is 0. The Bertz CT molecular complexity index is 498. The van der Waals surface area contributed by atoms with Gasteiger partial charge in [-0.2, -0.15) is 0 Å². The van der Waals surface area contributed by atoms with Gasteiger partial charge in [0.2, 0.25) is 5.91 Å². The van der Waals surface area contributed by atoms with E-state index in [1.165, 1.54) is 56.6 Å².